The van der Waals surface area contributed by atoms with E-state index in [-0.39, 0.29) is 0 Å². The van der Waals surface area contributed by atoms with Crippen LogP contribution in [0.15, 0.2) is 24.3 Å². The van der Waals surface area contributed by atoms with Crippen LogP contribution in [0.4, 0.5) is 0 Å². The van der Waals surface area contributed by atoms with Crippen LogP contribution in [-0.4, -0.2) is 26.3 Å². The first-order valence-electron chi connectivity index (χ1n) is 7.07. The van der Waals surface area contributed by atoms with Crippen LogP contribution < -0.4 is 14.8 Å². The number of rotatable bonds is 8. The predicted octanol–water partition coefficient (Wildman–Crippen LogP) is 3.49. The fourth-order valence-corrected chi connectivity index (χ4v) is 1.65. The van der Waals surface area contributed by atoms with Crippen LogP contribution in [0, 0.1) is 5.41 Å². The highest BCUT2D eigenvalue weighted by Gasteiger charge is 2.08. The first-order chi connectivity index (χ1) is 9.01. The van der Waals surface area contributed by atoms with Crippen LogP contribution in [0.25, 0.3) is 0 Å². The Labute approximate surface area is 117 Å². The molecule has 1 rings (SSSR count). The highest BCUT2D eigenvalue weighted by molar-refractivity contribution is 5.32. The summed E-state index contributed by atoms with van der Waals surface area (Å²) in [5, 5.41) is 3.40. The van der Waals surface area contributed by atoms with Crippen LogP contribution in [0.1, 0.15) is 34.1 Å². The molecular formula is C16H27NO2. The van der Waals surface area contributed by atoms with Crippen molar-refractivity contribution in [2.45, 2.75) is 34.1 Å². The Morgan fingerprint density at radius 2 is 1.74 bits per heavy atom. The molecule has 1 N–H and O–H groups in total. The number of nitrogens with one attached hydrogen (secondary N) is 1. The molecule has 0 aromatic heterocycles. The molecule has 0 aliphatic rings. The third kappa shape index (κ3) is 7.73. The maximum absolute atomic E-state index is 5.68. The van der Waals surface area contributed by atoms with Crippen LogP contribution >= 0.6 is 0 Å². The SMILES string of the molecule is CCOc1cccc(OCCNCCC(C)(C)C)c1. The maximum Gasteiger partial charge on any atom is 0.123 e. The van der Waals surface area contributed by atoms with Crippen molar-refractivity contribution in [3.05, 3.63) is 24.3 Å². The monoisotopic (exact) mass is 265 g/mol. The van der Waals surface area contributed by atoms with Crippen molar-refractivity contribution < 1.29 is 9.47 Å². The zero-order valence-electron chi connectivity index (χ0n) is 12.7. The topological polar surface area (TPSA) is 30.5 Å². The Kier molecular flexibility index (Phi) is 6.71. The summed E-state index contributed by atoms with van der Waals surface area (Å²) in [7, 11) is 0. The lowest BCUT2D eigenvalue weighted by Gasteiger charge is -2.18. The van der Waals surface area contributed by atoms with E-state index in [0.29, 0.717) is 18.6 Å². The van der Waals surface area contributed by atoms with E-state index in [2.05, 4.69) is 26.1 Å². The highest BCUT2D eigenvalue weighted by Crippen LogP contribution is 2.19. The minimum Gasteiger partial charge on any atom is -0.494 e. The summed E-state index contributed by atoms with van der Waals surface area (Å²) in [6, 6.07) is 7.78. The number of benzene rings is 1. The van der Waals surface area contributed by atoms with Gasteiger partial charge in [0.05, 0.1) is 6.61 Å². The predicted molar refractivity (Wildman–Crippen MR) is 80.0 cm³/mol. The molecule has 0 aliphatic carbocycles. The molecular weight excluding hydrogens is 238 g/mol. The fraction of sp³-hybridized carbons (Fsp3) is 0.625. The van der Waals surface area contributed by atoms with Crippen molar-refractivity contribution in [3.63, 3.8) is 0 Å². The van der Waals surface area contributed by atoms with Crippen molar-refractivity contribution in [2.75, 3.05) is 26.3 Å². The number of hydrogen-bond acceptors (Lipinski definition) is 3. The van der Waals surface area contributed by atoms with Crippen molar-refractivity contribution in [1.29, 1.82) is 0 Å². The molecule has 3 nitrogen and oxygen atoms in total. The Hall–Kier alpha value is -1.22. The van der Waals surface area contributed by atoms with Gasteiger partial charge in [-0.2, -0.15) is 0 Å². The standard InChI is InChI=1S/C16H27NO2/c1-5-18-14-7-6-8-15(13-14)19-12-11-17-10-9-16(2,3)4/h6-8,13,17H,5,9-12H2,1-4H3. The summed E-state index contributed by atoms with van der Waals surface area (Å²) in [5.74, 6) is 1.73. The fourth-order valence-electron chi connectivity index (χ4n) is 1.65. The normalized spacial score (nSPS) is 11.4. The van der Waals surface area contributed by atoms with Gasteiger partial charge in [0.15, 0.2) is 0 Å². The second-order valence-corrected chi connectivity index (χ2v) is 5.82. The largest absolute Gasteiger partial charge is 0.494 e. The van der Waals surface area contributed by atoms with Gasteiger partial charge in [-0.3, -0.25) is 0 Å². The van der Waals surface area contributed by atoms with Gasteiger partial charge >= 0.3 is 0 Å². The summed E-state index contributed by atoms with van der Waals surface area (Å²) in [6.45, 7) is 12.0. The quantitative estimate of drug-likeness (QED) is 0.730. The van der Waals surface area contributed by atoms with Gasteiger partial charge in [0.25, 0.3) is 0 Å². The van der Waals surface area contributed by atoms with E-state index >= 15 is 0 Å². The molecule has 0 atom stereocenters. The third-order valence-corrected chi connectivity index (χ3v) is 2.72. The third-order valence-electron chi connectivity index (χ3n) is 2.72. The van der Waals surface area contributed by atoms with Gasteiger partial charge in [-0.25, -0.2) is 0 Å². The van der Waals surface area contributed by atoms with E-state index in [4.69, 9.17) is 9.47 Å². The van der Waals surface area contributed by atoms with Crippen LogP contribution in [0.3, 0.4) is 0 Å². The Bertz CT molecular complexity index is 358. The van der Waals surface area contributed by atoms with Crippen LogP contribution in [-0.2, 0) is 0 Å². The average molecular weight is 265 g/mol. The molecule has 0 amide bonds. The molecule has 0 aliphatic heterocycles. The molecule has 19 heavy (non-hydrogen) atoms. The summed E-state index contributed by atoms with van der Waals surface area (Å²) in [6.07, 6.45) is 1.17. The second-order valence-electron chi connectivity index (χ2n) is 5.82. The van der Waals surface area contributed by atoms with Gasteiger partial charge in [-0.1, -0.05) is 26.8 Å². The lowest BCUT2D eigenvalue weighted by Crippen LogP contribution is -2.25. The molecule has 0 radical (unpaired) electrons. The Morgan fingerprint density at radius 3 is 2.37 bits per heavy atom. The summed E-state index contributed by atoms with van der Waals surface area (Å²) >= 11 is 0. The highest BCUT2D eigenvalue weighted by atomic mass is 16.5. The lowest BCUT2D eigenvalue weighted by molar-refractivity contribution is 0.299. The number of ether oxygens (including phenoxy) is 2. The first kappa shape index (κ1) is 15.8. The molecule has 0 heterocycles. The van der Waals surface area contributed by atoms with Crippen molar-refractivity contribution in [1.82, 2.24) is 5.32 Å². The van der Waals surface area contributed by atoms with Gasteiger partial charge in [0, 0.05) is 12.6 Å². The van der Waals surface area contributed by atoms with Crippen LogP contribution in [0.5, 0.6) is 11.5 Å². The molecule has 1 aromatic rings. The van der Waals surface area contributed by atoms with Gasteiger partial charge < -0.3 is 14.8 Å². The van der Waals surface area contributed by atoms with E-state index in [1.54, 1.807) is 0 Å². The summed E-state index contributed by atoms with van der Waals surface area (Å²) in [4.78, 5) is 0. The minimum atomic E-state index is 0.389. The molecule has 0 spiro atoms. The lowest BCUT2D eigenvalue weighted by atomic mass is 9.92. The molecule has 0 saturated carbocycles. The zero-order valence-corrected chi connectivity index (χ0v) is 12.7. The molecule has 0 unspecified atom stereocenters. The second kappa shape index (κ2) is 8.05. The minimum absolute atomic E-state index is 0.389. The molecule has 108 valence electrons. The Balaban J connectivity index is 2.17. The molecule has 0 saturated heterocycles. The molecule has 3 heteroatoms. The van der Waals surface area contributed by atoms with Crippen molar-refractivity contribution in [3.8, 4) is 11.5 Å². The average Bonchev–Trinajstić information content (AvgIpc) is 2.33. The molecule has 0 bridgehead atoms. The van der Waals surface area contributed by atoms with Crippen molar-refractivity contribution in [2.24, 2.45) is 5.41 Å². The summed E-state index contributed by atoms with van der Waals surface area (Å²) < 4.78 is 11.1. The maximum atomic E-state index is 5.68. The van der Waals surface area contributed by atoms with E-state index in [1.807, 2.05) is 31.2 Å². The smallest absolute Gasteiger partial charge is 0.123 e. The van der Waals surface area contributed by atoms with E-state index in [0.717, 1.165) is 24.6 Å². The van der Waals surface area contributed by atoms with Crippen LogP contribution in [0.2, 0.25) is 0 Å². The molecule has 0 fully saturated rings. The van der Waals surface area contributed by atoms with Gasteiger partial charge in [0.1, 0.15) is 18.1 Å². The number of hydrogen-bond donors (Lipinski definition) is 1. The van der Waals surface area contributed by atoms with Crippen molar-refractivity contribution >= 4 is 0 Å². The first-order valence-corrected chi connectivity index (χ1v) is 7.07. The van der Waals surface area contributed by atoms with Gasteiger partial charge in [0.2, 0.25) is 0 Å². The van der Waals surface area contributed by atoms with Gasteiger partial charge in [-0.05, 0) is 37.4 Å². The Morgan fingerprint density at radius 1 is 1.05 bits per heavy atom. The summed E-state index contributed by atoms with van der Waals surface area (Å²) in [5.41, 5.74) is 0.389. The zero-order chi connectivity index (χ0) is 14.1. The van der Waals surface area contributed by atoms with Gasteiger partial charge in [-0.15, -0.1) is 0 Å². The molecule has 1 aromatic carbocycles. The van der Waals surface area contributed by atoms with E-state index in [9.17, 15) is 0 Å². The van der Waals surface area contributed by atoms with E-state index < -0.39 is 0 Å². The van der Waals surface area contributed by atoms with E-state index in [1.165, 1.54) is 6.42 Å².